The average Bonchev–Trinajstić information content (AvgIpc) is 3.19. The van der Waals surface area contributed by atoms with Crippen LogP contribution in [0.15, 0.2) is 63.8 Å². The van der Waals surface area contributed by atoms with Crippen molar-refractivity contribution in [2.24, 2.45) is 0 Å². The predicted octanol–water partition coefficient (Wildman–Crippen LogP) is 6.87. The fourth-order valence-corrected chi connectivity index (χ4v) is 5.32. The molecule has 1 unspecified atom stereocenters. The zero-order valence-corrected chi connectivity index (χ0v) is 22.7. The van der Waals surface area contributed by atoms with Crippen LogP contribution in [-0.4, -0.2) is 24.5 Å². The number of ether oxygens (including phenoxy) is 2. The van der Waals surface area contributed by atoms with Crippen molar-refractivity contribution in [1.82, 2.24) is 4.90 Å². The number of hydrogen-bond acceptors (Lipinski definition) is 5. The fourth-order valence-electron chi connectivity index (χ4n) is 5.32. The quantitative estimate of drug-likeness (QED) is 0.221. The third-order valence-corrected chi connectivity index (χ3v) is 7.19. The van der Waals surface area contributed by atoms with Gasteiger partial charge in [0.1, 0.15) is 11.4 Å². The minimum absolute atomic E-state index is 0.0310. The molecular weight excluding hydrogens is 497 g/mol. The molecule has 39 heavy (non-hydrogen) atoms. The van der Waals surface area contributed by atoms with Crippen LogP contribution >= 0.6 is 0 Å². The number of hydrogen-bond donors (Lipinski definition) is 0. The molecule has 0 N–H and O–H groups in total. The van der Waals surface area contributed by atoms with Crippen LogP contribution in [0.3, 0.4) is 0 Å². The molecule has 0 aliphatic carbocycles. The lowest BCUT2D eigenvalue weighted by molar-refractivity contribution is 0.0714. The largest absolute Gasteiger partial charge is 0.493 e. The summed E-state index contributed by atoms with van der Waals surface area (Å²) in [6, 6.07) is 14.5. The number of methoxy groups -OCH3 is 1. The van der Waals surface area contributed by atoms with Crippen LogP contribution in [0.25, 0.3) is 11.0 Å². The number of benzene rings is 3. The van der Waals surface area contributed by atoms with Gasteiger partial charge in [0.25, 0.3) is 5.91 Å². The molecule has 0 radical (unpaired) electrons. The van der Waals surface area contributed by atoms with Crippen LogP contribution in [0.5, 0.6) is 11.5 Å². The van der Waals surface area contributed by atoms with E-state index in [9.17, 15) is 14.0 Å². The molecule has 1 atom stereocenters. The predicted molar refractivity (Wildman–Crippen MR) is 148 cm³/mol. The van der Waals surface area contributed by atoms with Gasteiger partial charge in [-0.05, 0) is 72.9 Å². The summed E-state index contributed by atoms with van der Waals surface area (Å²) in [6.45, 7) is 6.66. The van der Waals surface area contributed by atoms with Crippen LogP contribution in [0.2, 0.25) is 0 Å². The Kier molecular flexibility index (Phi) is 7.42. The molecule has 1 amide bonds. The first-order chi connectivity index (χ1) is 18.8. The molecule has 0 bridgehead atoms. The van der Waals surface area contributed by atoms with Crippen LogP contribution < -0.4 is 14.9 Å². The number of fused-ring (bicyclic) bond motifs is 2. The Morgan fingerprint density at radius 3 is 2.46 bits per heavy atom. The van der Waals surface area contributed by atoms with Gasteiger partial charge in [-0.15, -0.1) is 0 Å². The van der Waals surface area contributed by atoms with Crippen LogP contribution in [0.1, 0.15) is 70.6 Å². The number of aryl methyl sites for hydroxylation is 2. The lowest BCUT2D eigenvalue weighted by Gasteiger charge is -2.26. The fraction of sp³-hybridized carbons (Fsp3) is 0.312. The summed E-state index contributed by atoms with van der Waals surface area (Å²) < 4.78 is 31.4. The van der Waals surface area contributed by atoms with Gasteiger partial charge in [-0.3, -0.25) is 9.59 Å². The molecule has 1 aliphatic rings. The van der Waals surface area contributed by atoms with Crippen LogP contribution in [0.4, 0.5) is 4.39 Å². The number of rotatable bonds is 9. The van der Waals surface area contributed by atoms with Gasteiger partial charge >= 0.3 is 0 Å². The van der Waals surface area contributed by atoms with Gasteiger partial charge in [0, 0.05) is 6.54 Å². The second kappa shape index (κ2) is 10.9. The Balaban J connectivity index is 1.64. The monoisotopic (exact) mass is 529 g/mol. The third kappa shape index (κ3) is 5.01. The molecule has 5 rings (SSSR count). The summed E-state index contributed by atoms with van der Waals surface area (Å²) >= 11 is 0. The Hall–Kier alpha value is -4.13. The van der Waals surface area contributed by atoms with Gasteiger partial charge in [0.05, 0.1) is 30.7 Å². The second-order valence-electron chi connectivity index (χ2n) is 10.1. The number of amides is 1. The van der Waals surface area contributed by atoms with E-state index in [1.54, 1.807) is 30.2 Å². The summed E-state index contributed by atoms with van der Waals surface area (Å²) in [5.41, 5.74) is 3.60. The number of nitrogens with zero attached hydrogens (tertiary/aromatic N) is 1. The van der Waals surface area contributed by atoms with Crippen molar-refractivity contribution in [2.45, 2.75) is 52.6 Å². The minimum atomic E-state index is -0.720. The standard InChI is InChI=1S/C32H32FNO5/c1-5-6-7-14-38-24-13-10-22(17-25(24)37-4)29-28-30(35)27-20(3)15-19(2)16-26(27)39-31(28)32(36)34(29)18-21-8-11-23(33)12-9-21/h8-13,15-17,29H,5-7,14,18H2,1-4H3. The maximum absolute atomic E-state index is 14.0. The molecular formula is C32H32FNO5. The van der Waals surface area contributed by atoms with Crippen molar-refractivity contribution in [1.29, 1.82) is 0 Å². The minimum Gasteiger partial charge on any atom is -0.493 e. The topological polar surface area (TPSA) is 69.0 Å². The highest BCUT2D eigenvalue weighted by molar-refractivity contribution is 5.99. The highest BCUT2D eigenvalue weighted by atomic mass is 19.1. The number of halogens is 1. The number of carbonyl (C=O) groups is 1. The molecule has 2 heterocycles. The Bertz CT molecular complexity index is 1590. The molecule has 0 saturated heterocycles. The molecule has 0 fully saturated rings. The average molecular weight is 530 g/mol. The maximum Gasteiger partial charge on any atom is 0.291 e. The van der Waals surface area contributed by atoms with E-state index in [0.717, 1.165) is 36.0 Å². The highest BCUT2D eigenvalue weighted by Crippen LogP contribution is 2.42. The second-order valence-corrected chi connectivity index (χ2v) is 10.1. The highest BCUT2D eigenvalue weighted by Gasteiger charge is 2.43. The van der Waals surface area contributed by atoms with E-state index in [1.807, 2.05) is 38.1 Å². The molecule has 202 valence electrons. The zero-order valence-electron chi connectivity index (χ0n) is 22.7. The molecule has 6 nitrogen and oxygen atoms in total. The SMILES string of the molecule is CCCCCOc1ccc(C2c3c(oc4cc(C)cc(C)c4c3=O)C(=O)N2Cc2ccc(F)cc2)cc1OC. The van der Waals surface area contributed by atoms with Gasteiger partial charge < -0.3 is 18.8 Å². The first-order valence-corrected chi connectivity index (χ1v) is 13.3. The van der Waals surface area contributed by atoms with E-state index in [-0.39, 0.29) is 23.6 Å². The van der Waals surface area contributed by atoms with E-state index in [4.69, 9.17) is 13.9 Å². The zero-order chi connectivity index (χ0) is 27.7. The third-order valence-electron chi connectivity index (χ3n) is 7.19. The molecule has 1 aliphatic heterocycles. The van der Waals surface area contributed by atoms with Crippen molar-refractivity contribution in [2.75, 3.05) is 13.7 Å². The van der Waals surface area contributed by atoms with Gasteiger partial charge in [0.2, 0.25) is 5.76 Å². The number of unbranched alkanes of at least 4 members (excludes halogenated alkanes) is 2. The molecule has 7 heteroatoms. The van der Waals surface area contributed by atoms with E-state index in [0.29, 0.717) is 40.2 Å². The molecule has 4 aromatic rings. The Morgan fingerprint density at radius 1 is 0.974 bits per heavy atom. The smallest absolute Gasteiger partial charge is 0.291 e. The summed E-state index contributed by atoms with van der Waals surface area (Å²) in [7, 11) is 1.57. The Morgan fingerprint density at radius 2 is 1.74 bits per heavy atom. The van der Waals surface area contributed by atoms with E-state index in [2.05, 4.69) is 6.92 Å². The van der Waals surface area contributed by atoms with E-state index >= 15 is 0 Å². The lowest BCUT2D eigenvalue weighted by Crippen LogP contribution is -2.29. The summed E-state index contributed by atoms with van der Waals surface area (Å²) in [4.78, 5) is 29.4. The van der Waals surface area contributed by atoms with Crippen molar-refractivity contribution in [3.05, 3.63) is 104 Å². The van der Waals surface area contributed by atoms with Crippen LogP contribution in [0, 0.1) is 19.7 Å². The van der Waals surface area contributed by atoms with Crippen molar-refractivity contribution in [3.63, 3.8) is 0 Å². The van der Waals surface area contributed by atoms with E-state index < -0.39 is 11.9 Å². The van der Waals surface area contributed by atoms with Crippen molar-refractivity contribution in [3.8, 4) is 11.5 Å². The molecule has 0 spiro atoms. The normalized spacial score (nSPS) is 14.6. The summed E-state index contributed by atoms with van der Waals surface area (Å²) in [5.74, 6) is 0.395. The maximum atomic E-state index is 14.0. The molecule has 3 aromatic carbocycles. The van der Waals surface area contributed by atoms with Crippen molar-refractivity contribution >= 4 is 16.9 Å². The summed E-state index contributed by atoms with van der Waals surface area (Å²) in [6.07, 6.45) is 3.10. The number of carbonyl (C=O) groups excluding carboxylic acids is 1. The molecule has 1 aromatic heterocycles. The molecule has 0 saturated carbocycles. The lowest BCUT2D eigenvalue weighted by atomic mass is 9.96. The van der Waals surface area contributed by atoms with Gasteiger partial charge in [0.15, 0.2) is 16.9 Å². The first-order valence-electron chi connectivity index (χ1n) is 13.3. The van der Waals surface area contributed by atoms with Gasteiger partial charge in [-0.2, -0.15) is 0 Å². The first kappa shape index (κ1) is 26.5. The van der Waals surface area contributed by atoms with Crippen molar-refractivity contribution < 1.29 is 23.1 Å². The Labute approximate surface area is 227 Å². The summed E-state index contributed by atoms with van der Waals surface area (Å²) in [5, 5.41) is 0.462. The van der Waals surface area contributed by atoms with Gasteiger partial charge in [-0.25, -0.2) is 4.39 Å². The van der Waals surface area contributed by atoms with E-state index in [1.165, 1.54) is 12.1 Å². The van der Waals surface area contributed by atoms with Gasteiger partial charge in [-0.1, -0.05) is 44.0 Å². The van der Waals surface area contributed by atoms with Crippen LogP contribution in [-0.2, 0) is 6.54 Å².